The third-order valence-electron chi connectivity index (χ3n) is 7.49. The van der Waals surface area contributed by atoms with Crippen LogP contribution in [0.5, 0.6) is 11.5 Å². The summed E-state index contributed by atoms with van der Waals surface area (Å²) >= 11 is 0. The smallest absolute Gasteiger partial charge is 0.127 e. The number of ether oxygens (including phenoxy) is 2. The molecule has 0 atom stereocenters. The molecule has 0 N–H and O–H groups in total. The summed E-state index contributed by atoms with van der Waals surface area (Å²) < 4.78 is 17.6. The predicted molar refractivity (Wildman–Crippen MR) is 141 cm³/mol. The molecule has 0 radical (unpaired) electrons. The van der Waals surface area contributed by atoms with Crippen LogP contribution in [0.25, 0.3) is 0 Å². The fourth-order valence-electron chi connectivity index (χ4n) is 6.05. The van der Waals surface area contributed by atoms with Crippen LogP contribution in [0.15, 0.2) is 53.3 Å². The van der Waals surface area contributed by atoms with Crippen LogP contribution in [-0.4, -0.2) is 32.6 Å². The molecular weight excluding hydrogens is 432 g/mol. The average Bonchev–Trinajstić information content (AvgIpc) is 2.88. The maximum Gasteiger partial charge on any atom is 0.127 e. The highest BCUT2D eigenvalue weighted by atomic mass is 32.1. The Morgan fingerprint density at radius 2 is 1.09 bits per heavy atom. The van der Waals surface area contributed by atoms with E-state index in [9.17, 15) is 0 Å². The molecule has 0 bridgehead atoms. The number of para-hydroxylation sites is 2. The molecule has 0 spiro atoms. The van der Waals surface area contributed by atoms with Crippen LogP contribution in [0, 0.1) is 0 Å². The first-order valence-electron chi connectivity index (χ1n) is 12.3. The summed E-state index contributed by atoms with van der Waals surface area (Å²) in [6.07, 6.45) is 13.5. The molecule has 174 valence electrons. The molecule has 0 aromatic heterocycles. The summed E-state index contributed by atoms with van der Waals surface area (Å²) in [6.45, 7) is -1.73. The van der Waals surface area contributed by atoms with Crippen molar-refractivity contribution in [3.05, 3.63) is 48.5 Å². The standard InChI is InChI=1S/C27H39NO2P2/c1-28-32(22-14-6-4-7-15-22,23-16-8-5-9-17-23)31(26-20-12-10-18-24(26)29-2)27-21-13-11-19-25(27)30-3/h10-13,18-23H,4-9,14-17H2,1-3H3. The number of benzene rings is 2. The number of nitrogens with zero attached hydrogens (tertiary/aromatic N) is 1. The lowest BCUT2D eigenvalue weighted by Crippen LogP contribution is -2.28. The van der Waals surface area contributed by atoms with Gasteiger partial charge in [-0.3, -0.25) is 0 Å². The van der Waals surface area contributed by atoms with E-state index in [0.29, 0.717) is 0 Å². The maximum absolute atomic E-state index is 5.99. The molecule has 32 heavy (non-hydrogen) atoms. The van der Waals surface area contributed by atoms with Gasteiger partial charge in [-0.05, 0) is 49.1 Å². The van der Waals surface area contributed by atoms with Crippen LogP contribution in [0.1, 0.15) is 64.2 Å². The summed E-state index contributed by atoms with van der Waals surface area (Å²) in [7, 11) is 5.10. The highest BCUT2D eigenvalue weighted by Crippen LogP contribution is 2.84. The lowest BCUT2D eigenvalue weighted by atomic mass is 10.00. The summed E-state index contributed by atoms with van der Waals surface area (Å²) in [5.41, 5.74) is 1.45. The van der Waals surface area contributed by atoms with E-state index in [1.807, 2.05) is 14.2 Å². The van der Waals surface area contributed by atoms with E-state index in [4.69, 9.17) is 14.2 Å². The van der Waals surface area contributed by atoms with Gasteiger partial charge in [0.05, 0.1) is 14.2 Å². The highest BCUT2D eigenvalue weighted by molar-refractivity contribution is 8.40. The topological polar surface area (TPSA) is 30.8 Å². The van der Waals surface area contributed by atoms with Crippen LogP contribution >= 0.6 is 14.4 Å². The Kier molecular flexibility index (Phi) is 8.36. The molecule has 0 amide bonds. The Labute approximate surface area is 196 Å². The van der Waals surface area contributed by atoms with Gasteiger partial charge >= 0.3 is 0 Å². The summed E-state index contributed by atoms with van der Waals surface area (Å²) in [4.78, 5) is 0. The van der Waals surface area contributed by atoms with E-state index in [1.54, 1.807) is 0 Å². The zero-order valence-corrected chi connectivity index (χ0v) is 21.8. The first-order valence-corrected chi connectivity index (χ1v) is 16.3. The van der Waals surface area contributed by atoms with E-state index in [2.05, 4.69) is 55.6 Å². The summed E-state index contributed by atoms with van der Waals surface area (Å²) in [5.74, 6) is 2.04. The molecule has 0 heterocycles. The Bertz CT molecular complexity index is 863. The number of rotatable bonds is 7. The Balaban J connectivity index is 2.00. The van der Waals surface area contributed by atoms with Gasteiger partial charge in [-0.2, -0.15) is 0 Å². The van der Waals surface area contributed by atoms with Gasteiger partial charge in [0.25, 0.3) is 0 Å². The molecular formula is C27H39NO2P2. The minimum absolute atomic E-state index is 0.703. The van der Waals surface area contributed by atoms with E-state index in [0.717, 1.165) is 22.8 Å². The van der Waals surface area contributed by atoms with Crippen molar-refractivity contribution in [3.63, 3.8) is 0 Å². The minimum atomic E-state index is -1.73. The first-order chi connectivity index (χ1) is 15.8. The minimum Gasteiger partial charge on any atom is -0.496 e. The van der Waals surface area contributed by atoms with Gasteiger partial charge in [0.15, 0.2) is 0 Å². The Morgan fingerprint density at radius 3 is 1.47 bits per heavy atom. The number of hydrogen-bond donors (Lipinski definition) is 0. The van der Waals surface area contributed by atoms with Crippen LogP contribution in [0.2, 0.25) is 0 Å². The molecule has 2 aromatic carbocycles. The molecule has 0 saturated heterocycles. The molecule has 2 fully saturated rings. The molecule has 2 aromatic rings. The maximum atomic E-state index is 5.99. The highest BCUT2D eigenvalue weighted by Gasteiger charge is 2.46. The second-order valence-corrected chi connectivity index (χ2v) is 17.1. The van der Waals surface area contributed by atoms with E-state index in [1.165, 1.54) is 74.8 Å². The lowest BCUT2D eigenvalue weighted by Gasteiger charge is -2.47. The zero-order valence-electron chi connectivity index (χ0n) is 20.0. The van der Waals surface area contributed by atoms with Gasteiger partial charge in [-0.1, -0.05) is 74.9 Å². The number of methoxy groups -OCH3 is 2. The lowest BCUT2D eigenvalue weighted by molar-refractivity contribution is 0.417. The third-order valence-corrected chi connectivity index (χ3v) is 19.3. The monoisotopic (exact) mass is 471 g/mol. The van der Waals surface area contributed by atoms with E-state index in [-0.39, 0.29) is 0 Å². The van der Waals surface area contributed by atoms with Gasteiger partial charge < -0.3 is 14.2 Å². The zero-order chi connectivity index (χ0) is 22.4. The predicted octanol–water partition coefficient (Wildman–Crippen LogP) is 7.55. The van der Waals surface area contributed by atoms with E-state index >= 15 is 0 Å². The molecule has 3 nitrogen and oxygen atoms in total. The van der Waals surface area contributed by atoms with Gasteiger partial charge in [0, 0.05) is 32.0 Å². The third kappa shape index (κ3) is 4.53. The second kappa shape index (κ2) is 11.2. The number of hydrogen-bond acceptors (Lipinski definition) is 3. The van der Waals surface area contributed by atoms with Crippen molar-refractivity contribution in [2.24, 2.45) is 4.74 Å². The van der Waals surface area contributed by atoms with Crippen molar-refractivity contribution in [2.45, 2.75) is 75.5 Å². The molecule has 0 aliphatic heterocycles. The summed E-state index contributed by atoms with van der Waals surface area (Å²) in [6, 6.07) is 17.5. The Hall–Kier alpha value is -1.30. The SMILES string of the molecule is CN=P(C1CCCCC1)(C1CCCCC1)P(c1ccccc1OC)c1ccccc1OC. The van der Waals surface area contributed by atoms with Crippen molar-refractivity contribution < 1.29 is 9.47 Å². The van der Waals surface area contributed by atoms with Gasteiger partial charge in [0.1, 0.15) is 11.5 Å². The molecule has 4 rings (SSSR count). The van der Waals surface area contributed by atoms with E-state index < -0.39 is 14.4 Å². The normalized spacial score (nSPS) is 18.5. The van der Waals surface area contributed by atoms with Crippen LogP contribution in [-0.2, 0) is 0 Å². The fraction of sp³-hybridized carbons (Fsp3) is 0.556. The van der Waals surface area contributed by atoms with Gasteiger partial charge in [-0.25, -0.2) is 0 Å². The molecule has 2 aliphatic rings. The van der Waals surface area contributed by atoms with Gasteiger partial charge in [0.2, 0.25) is 0 Å². The van der Waals surface area contributed by atoms with Crippen LogP contribution < -0.4 is 20.1 Å². The van der Waals surface area contributed by atoms with Crippen LogP contribution in [0.4, 0.5) is 0 Å². The van der Waals surface area contributed by atoms with Crippen molar-refractivity contribution in [1.82, 2.24) is 0 Å². The van der Waals surface area contributed by atoms with Gasteiger partial charge in [-0.15, -0.1) is 0 Å². The Morgan fingerprint density at radius 1 is 0.688 bits per heavy atom. The quantitative estimate of drug-likeness (QED) is 0.390. The largest absolute Gasteiger partial charge is 0.496 e. The second-order valence-electron chi connectivity index (χ2n) is 9.14. The van der Waals surface area contributed by atoms with Crippen LogP contribution in [0.3, 0.4) is 0 Å². The molecule has 2 aliphatic carbocycles. The molecule has 5 heteroatoms. The first kappa shape index (κ1) is 23.8. The van der Waals surface area contributed by atoms with Crippen molar-refractivity contribution in [1.29, 1.82) is 0 Å². The molecule has 0 unspecified atom stereocenters. The average molecular weight is 472 g/mol. The molecule has 2 saturated carbocycles. The fourth-order valence-corrected chi connectivity index (χ4v) is 19.5. The van der Waals surface area contributed by atoms with Crippen molar-refractivity contribution in [2.75, 3.05) is 21.3 Å². The van der Waals surface area contributed by atoms with Crippen molar-refractivity contribution >= 4 is 25.0 Å². The van der Waals surface area contributed by atoms with Crippen molar-refractivity contribution in [3.8, 4) is 11.5 Å². The summed E-state index contributed by atoms with van der Waals surface area (Å²) in [5, 5.41) is 2.73.